The summed E-state index contributed by atoms with van der Waals surface area (Å²) in [6.07, 6.45) is 33.3. The lowest BCUT2D eigenvalue weighted by Gasteiger charge is -2.20. The Kier molecular flexibility index (Phi) is 45.7. The maximum Gasteiger partial charge on any atom is 0.407 e. The normalized spacial score (nSPS) is 14.2. The van der Waals surface area contributed by atoms with Gasteiger partial charge in [-0.2, -0.15) is 0 Å². The van der Waals surface area contributed by atoms with Crippen molar-refractivity contribution in [1.82, 2.24) is 10.2 Å². The summed E-state index contributed by atoms with van der Waals surface area (Å²) in [6, 6.07) is 0. The lowest BCUT2D eigenvalue weighted by molar-refractivity contribution is -0.162. The molecule has 0 spiro atoms. The molecule has 73 heavy (non-hydrogen) atoms. The van der Waals surface area contributed by atoms with Crippen molar-refractivity contribution in [2.45, 2.75) is 246 Å². The van der Waals surface area contributed by atoms with Gasteiger partial charge in [0.2, 0.25) is 0 Å². The predicted molar refractivity (Wildman–Crippen MR) is 293 cm³/mol. The van der Waals surface area contributed by atoms with Gasteiger partial charge in [0.1, 0.15) is 25.9 Å². The molecule has 1 aliphatic rings. The highest BCUT2D eigenvalue weighted by Gasteiger charge is 2.23. The summed E-state index contributed by atoms with van der Waals surface area (Å²) in [5.74, 6) is -2.01. The van der Waals surface area contributed by atoms with Crippen molar-refractivity contribution in [3.8, 4) is 0 Å². The third-order valence-electron chi connectivity index (χ3n) is 13.1. The molecular weight excluding hydrogens is 929 g/mol. The number of nitrogens with zero attached hydrogens (tertiary/aromatic N) is 1. The molecule has 14 nitrogen and oxygen atoms in total. The lowest BCUT2D eigenvalue weighted by Crippen LogP contribution is -2.35. The topological polar surface area (TPSA) is 165 Å². The molecule has 1 heterocycles. The highest BCUT2D eigenvalue weighted by Crippen LogP contribution is 2.20. The van der Waals surface area contributed by atoms with Crippen LogP contribution >= 0.6 is 0 Å². The zero-order chi connectivity index (χ0) is 53.3. The number of rotatable bonds is 50. The van der Waals surface area contributed by atoms with E-state index in [1.54, 1.807) is 0 Å². The van der Waals surface area contributed by atoms with Crippen LogP contribution in [0.15, 0.2) is 24.3 Å². The average Bonchev–Trinajstić information content (AvgIpc) is 3.91. The summed E-state index contributed by atoms with van der Waals surface area (Å²) in [6.45, 7) is 15.2. The summed E-state index contributed by atoms with van der Waals surface area (Å²) in [4.78, 5) is 67.1. The number of amides is 1. The highest BCUT2D eigenvalue weighted by atomic mass is 16.7. The number of alkyl carbamates (subject to hydrolysis) is 1. The molecule has 0 aliphatic carbocycles. The van der Waals surface area contributed by atoms with Crippen LogP contribution in [-0.4, -0.2) is 113 Å². The minimum absolute atomic E-state index is 0. The van der Waals surface area contributed by atoms with Crippen molar-refractivity contribution in [2.75, 3.05) is 65.8 Å². The van der Waals surface area contributed by atoms with Crippen LogP contribution in [0.1, 0.15) is 235 Å². The van der Waals surface area contributed by atoms with Crippen molar-refractivity contribution < 1.29 is 58.6 Å². The molecule has 14 heteroatoms. The number of allylic oxidation sites excluding steroid dienone is 4. The molecule has 1 saturated heterocycles. The lowest BCUT2D eigenvalue weighted by atomic mass is 9.95. The van der Waals surface area contributed by atoms with E-state index >= 15 is 0 Å². The van der Waals surface area contributed by atoms with E-state index in [1.165, 1.54) is 25.7 Å². The first-order chi connectivity index (χ1) is 35.6. The van der Waals surface area contributed by atoms with Gasteiger partial charge < -0.3 is 43.4 Å². The van der Waals surface area contributed by atoms with E-state index in [1.807, 2.05) is 0 Å². The smallest absolute Gasteiger partial charge is 0.407 e. The largest absolute Gasteiger partial charge is 0.465 e. The number of nitrogens with one attached hydrogen (secondary N) is 1. The minimum Gasteiger partial charge on any atom is -0.465 e. The van der Waals surface area contributed by atoms with Crippen LogP contribution in [-0.2, 0) is 52.3 Å². The zero-order valence-electron chi connectivity index (χ0n) is 47.0. The highest BCUT2D eigenvalue weighted by molar-refractivity contribution is 5.72. The summed E-state index contributed by atoms with van der Waals surface area (Å²) in [7, 11) is 0. The Morgan fingerprint density at radius 1 is 0.521 bits per heavy atom. The molecule has 3 unspecified atom stereocenters. The maximum atomic E-state index is 13.2. The van der Waals surface area contributed by atoms with E-state index in [0.717, 1.165) is 148 Å². The number of carbonyl (C=O) groups is 5. The van der Waals surface area contributed by atoms with Crippen LogP contribution < -0.4 is 5.32 Å². The van der Waals surface area contributed by atoms with Gasteiger partial charge in [0.05, 0.1) is 24.9 Å². The molecule has 1 amide bonds. The van der Waals surface area contributed by atoms with Gasteiger partial charge in [-0.25, -0.2) is 4.79 Å². The van der Waals surface area contributed by atoms with Crippen LogP contribution in [0.2, 0.25) is 0 Å². The third-order valence-corrected chi connectivity index (χ3v) is 13.1. The van der Waals surface area contributed by atoms with Crippen LogP contribution in [0, 0.1) is 11.8 Å². The molecule has 1 fully saturated rings. The van der Waals surface area contributed by atoms with Crippen LogP contribution in [0.4, 0.5) is 4.79 Å². The van der Waals surface area contributed by atoms with Crippen molar-refractivity contribution in [3.05, 3.63) is 24.3 Å². The summed E-state index contributed by atoms with van der Waals surface area (Å²) >= 11 is 0. The molecule has 0 aromatic heterocycles. The zero-order valence-corrected chi connectivity index (χ0v) is 47.0. The van der Waals surface area contributed by atoms with Gasteiger partial charge in [-0.05, 0) is 122 Å². The van der Waals surface area contributed by atoms with E-state index in [0.29, 0.717) is 52.0 Å². The van der Waals surface area contributed by atoms with E-state index in [9.17, 15) is 24.0 Å². The molecule has 0 aromatic carbocycles. The fourth-order valence-corrected chi connectivity index (χ4v) is 8.51. The van der Waals surface area contributed by atoms with Crippen molar-refractivity contribution in [3.63, 3.8) is 0 Å². The van der Waals surface area contributed by atoms with E-state index in [2.05, 4.69) is 69.1 Å². The molecule has 1 N–H and O–H groups in total. The first-order valence-corrected chi connectivity index (χ1v) is 29.5. The standard InChI is InChI=1S/C59H106N2O12.H2/c1-6-11-16-19-22-30-45-67-57(68-46-31-23-20-17-12-7-2)40-39-56(64)72-50-51(48-70-54(62)36-27-21-24-32-47-69-58(65)52(33-15-10-5)34-26-18-13-8-3)49-71-55(63)38-37-53(35-25-14-9-4)73-59(66)60-41-44-61-42-28-29-43-61;/h11-12,16-17,51-53,57H,6-10,13-15,18-50H2,1-5H3,(H,60,66);1H/b16-11-,17-12-;. The molecule has 3 atom stereocenters. The number of esters is 4. The molecule has 0 saturated carbocycles. The van der Waals surface area contributed by atoms with Gasteiger partial charge >= 0.3 is 30.0 Å². The van der Waals surface area contributed by atoms with Crippen molar-refractivity contribution in [1.29, 1.82) is 0 Å². The maximum absolute atomic E-state index is 13.2. The second kappa shape index (κ2) is 49.4. The Morgan fingerprint density at radius 2 is 1.04 bits per heavy atom. The minimum atomic E-state index is -0.593. The number of carbonyl (C=O) groups excluding carboxylic acids is 5. The van der Waals surface area contributed by atoms with E-state index < -0.39 is 36.3 Å². The summed E-state index contributed by atoms with van der Waals surface area (Å²) < 4.78 is 40.7. The van der Waals surface area contributed by atoms with E-state index in [4.69, 9.17) is 33.2 Å². The van der Waals surface area contributed by atoms with Crippen LogP contribution in [0.3, 0.4) is 0 Å². The van der Waals surface area contributed by atoms with Gasteiger partial charge in [-0.1, -0.05) is 123 Å². The molecule has 0 bridgehead atoms. The number of hydrogen-bond donors (Lipinski definition) is 1. The van der Waals surface area contributed by atoms with Gasteiger partial charge in [-0.3, -0.25) is 19.2 Å². The number of unbranched alkanes of at least 4 members (excludes halogenated alkanes) is 13. The Morgan fingerprint density at radius 3 is 1.64 bits per heavy atom. The fourth-order valence-electron chi connectivity index (χ4n) is 8.51. The quantitative estimate of drug-likeness (QED) is 0.0201. The predicted octanol–water partition coefficient (Wildman–Crippen LogP) is 13.7. The van der Waals surface area contributed by atoms with Gasteiger partial charge in [-0.15, -0.1) is 0 Å². The monoisotopic (exact) mass is 1040 g/mol. The molecule has 0 radical (unpaired) electrons. The van der Waals surface area contributed by atoms with Gasteiger partial charge in [0.15, 0.2) is 6.29 Å². The molecular formula is C59H108N2O12. The second-order valence-electron chi connectivity index (χ2n) is 19.9. The van der Waals surface area contributed by atoms with Gasteiger partial charge in [0, 0.05) is 47.0 Å². The SMILES string of the molecule is CC/C=C\CCCCOC(CCC(=O)OCC(COC(=O)CCCCCCOC(=O)C(CCCC)CCCCCC)COC(=O)CCC(CCCCC)OC(=O)NCCN1CCCC1)OCCCC/C=C\CC.[HH]. The number of likely N-dealkylation sites (tertiary alicyclic amines) is 1. The summed E-state index contributed by atoms with van der Waals surface area (Å²) in [5.41, 5.74) is 0. The Hall–Kier alpha value is -3.49. The Balaban J connectivity index is 0.0000533. The second-order valence-corrected chi connectivity index (χ2v) is 19.9. The van der Waals surface area contributed by atoms with Crippen molar-refractivity contribution in [2.24, 2.45) is 11.8 Å². The first kappa shape index (κ1) is 67.5. The van der Waals surface area contributed by atoms with E-state index in [-0.39, 0.29) is 58.4 Å². The number of ether oxygens (including phenoxy) is 7. The molecule has 1 aliphatic heterocycles. The van der Waals surface area contributed by atoms with Crippen LogP contribution in [0.5, 0.6) is 0 Å². The molecule has 0 aromatic rings. The van der Waals surface area contributed by atoms with Gasteiger partial charge in [0.25, 0.3) is 0 Å². The summed E-state index contributed by atoms with van der Waals surface area (Å²) in [5, 5.41) is 2.86. The van der Waals surface area contributed by atoms with Crippen LogP contribution in [0.25, 0.3) is 0 Å². The Labute approximate surface area is 445 Å². The van der Waals surface area contributed by atoms with Crippen molar-refractivity contribution >= 4 is 30.0 Å². The number of hydrogen-bond acceptors (Lipinski definition) is 13. The Bertz CT molecular complexity index is 1400. The first-order valence-electron chi connectivity index (χ1n) is 29.5. The average molecular weight is 1040 g/mol. The molecule has 1 rings (SSSR count). The molecule has 426 valence electrons. The third kappa shape index (κ3) is 41.4. The fraction of sp³-hybridized carbons (Fsp3) is 0.847.